The molecule has 0 saturated carbocycles. The Labute approximate surface area is 664 Å². The van der Waals surface area contributed by atoms with Gasteiger partial charge in [-0.3, -0.25) is 29.6 Å². The molecule has 4 atom stereocenters. The maximum Gasteiger partial charge on any atom is 0.410 e. The first kappa shape index (κ1) is 74.3. The lowest BCUT2D eigenvalue weighted by atomic mass is 9.95. The van der Waals surface area contributed by atoms with Crippen molar-refractivity contribution in [2.45, 2.75) is 154 Å². The number of fused-ring (bicyclic) bond motifs is 4. The summed E-state index contributed by atoms with van der Waals surface area (Å²) in [6.07, 6.45) is 11.3. The maximum atomic E-state index is 13.0. The maximum absolute atomic E-state index is 13.0. The van der Waals surface area contributed by atoms with Gasteiger partial charge in [0, 0.05) is 50.4 Å². The molecular formula is C96H94N10O8. The summed E-state index contributed by atoms with van der Waals surface area (Å²) in [5.41, 5.74) is 20.4. The van der Waals surface area contributed by atoms with Crippen molar-refractivity contribution in [2.75, 3.05) is 26.2 Å². The van der Waals surface area contributed by atoms with Crippen LogP contribution in [0.1, 0.15) is 139 Å². The number of carbonyl (C=O) groups is 4. The number of aromatic nitrogens is 4. The molecule has 4 saturated heterocycles. The zero-order valence-corrected chi connectivity index (χ0v) is 65.4. The number of amides is 4. The van der Waals surface area contributed by atoms with Crippen LogP contribution in [0.3, 0.4) is 0 Å². The van der Waals surface area contributed by atoms with E-state index < -0.39 is 11.2 Å². The van der Waals surface area contributed by atoms with Gasteiger partial charge in [-0.15, -0.1) is 0 Å². The zero-order chi connectivity index (χ0) is 78.2. The van der Waals surface area contributed by atoms with Crippen LogP contribution in [0, 0.1) is 0 Å². The molecule has 0 unspecified atom stereocenters. The first-order chi connectivity index (χ1) is 55.3. The summed E-state index contributed by atoms with van der Waals surface area (Å²) < 4.78 is 22.7. The van der Waals surface area contributed by atoms with Crippen molar-refractivity contribution >= 4 is 68.7 Å². The molecule has 114 heavy (non-hydrogen) atoms. The van der Waals surface area contributed by atoms with Gasteiger partial charge in [-0.1, -0.05) is 170 Å². The van der Waals surface area contributed by atoms with Crippen LogP contribution in [-0.2, 0) is 45.0 Å². The number of ether oxygens (including phenoxy) is 4. The second-order valence-corrected chi connectivity index (χ2v) is 32.8. The van der Waals surface area contributed by atoms with Crippen molar-refractivity contribution in [3.63, 3.8) is 0 Å². The number of hydrogen-bond donors (Lipinski definition) is 2. The van der Waals surface area contributed by atoms with Gasteiger partial charge in [0.05, 0.1) is 59.3 Å². The molecule has 18 rings (SSSR count). The van der Waals surface area contributed by atoms with Gasteiger partial charge in [0.25, 0.3) is 0 Å². The number of likely N-dealkylation sites (tertiary alicyclic amines) is 4. The molecule has 6 aliphatic rings. The first-order valence-corrected chi connectivity index (χ1v) is 40.0. The summed E-state index contributed by atoms with van der Waals surface area (Å²) in [6, 6.07) is 75.8. The molecule has 4 amide bonds. The number of aliphatic imine (C=N–C) groups is 2. The highest BCUT2D eigenvalue weighted by Gasteiger charge is 2.40. The molecule has 0 bridgehead atoms. The summed E-state index contributed by atoms with van der Waals surface area (Å²) in [4.78, 5) is 85.6. The van der Waals surface area contributed by atoms with E-state index in [9.17, 15) is 19.2 Å². The zero-order valence-electron chi connectivity index (χ0n) is 65.4. The quantitative estimate of drug-likeness (QED) is 0.0987. The minimum atomic E-state index is -0.528. The molecule has 6 aliphatic heterocycles. The van der Waals surface area contributed by atoms with Crippen molar-refractivity contribution in [3.8, 4) is 67.0 Å². The topological polar surface area (TPSA) is 200 Å². The van der Waals surface area contributed by atoms with Gasteiger partial charge in [0.2, 0.25) is 0 Å². The van der Waals surface area contributed by atoms with E-state index in [1.165, 1.54) is 32.7 Å². The Morgan fingerprint density at radius 3 is 1.08 bits per heavy atom. The number of carbonyl (C=O) groups excluding carboxylic acids is 4. The molecule has 10 aromatic carbocycles. The van der Waals surface area contributed by atoms with Crippen molar-refractivity contribution in [3.05, 3.63) is 265 Å². The third kappa shape index (κ3) is 16.3. The van der Waals surface area contributed by atoms with Crippen molar-refractivity contribution in [1.82, 2.24) is 39.5 Å². The molecule has 576 valence electrons. The van der Waals surface area contributed by atoms with E-state index >= 15 is 0 Å². The lowest BCUT2D eigenvalue weighted by molar-refractivity contribution is 0.0254. The average Bonchev–Trinajstić information content (AvgIpc) is 1.50. The van der Waals surface area contributed by atoms with Gasteiger partial charge in [-0.25, -0.2) is 29.1 Å². The summed E-state index contributed by atoms with van der Waals surface area (Å²) in [5, 5.41) is 4.72. The van der Waals surface area contributed by atoms with Crippen LogP contribution in [0.15, 0.2) is 241 Å². The Morgan fingerprint density at radius 2 is 0.684 bits per heavy atom. The third-order valence-corrected chi connectivity index (χ3v) is 22.6. The second kappa shape index (κ2) is 31.6. The highest BCUT2D eigenvalue weighted by Crippen LogP contribution is 2.41. The number of rotatable bonds is 14. The Kier molecular flexibility index (Phi) is 20.6. The molecular weight excluding hydrogens is 1420 g/mol. The van der Waals surface area contributed by atoms with Crippen LogP contribution in [0.2, 0.25) is 0 Å². The van der Waals surface area contributed by atoms with Crippen LogP contribution in [0.25, 0.3) is 88.6 Å². The van der Waals surface area contributed by atoms with E-state index in [0.29, 0.717) is 26.2 Å². The van der Waals surface area contributed by atoms with Crippen LogP contribution in [0.4, 0.5) is 30.6 Å². The molecule has 4 fully saturated rings. The van der Waals surface area contributed by atoms with Gasteiger partial charge in [0.1, 0.15) is 36.1 Å². The fourth-order valence-corrected chi connectivity index (χ4v) is 16.8. The van der Waals surface area contributed by atoms with Crippen LogP contribution in [-0.4, -0.2) is 125 Å². The molecule has 0 spiro atoms. The standard InChI is InChI=1S/2C48H47N5O4/c1-48(2,3)57-47(55)52-23-7-11-43(52)41-28-39-27-37(21-22-40(39)50-41)36-20-16-33-15-19-35(25-38(33)26-36)32-13-17-34(18-14-32)42-29-49-45(51-42)44-12-8-24-53(44)46(54)56-30-31-9-5-4-6-10-31;1-48(2,3)57-47(55)52-23-7-11-43(52)41-28-39-27-38(21-22-40(39)50-41)37-20-19-35-25-34(17-18-36(35)26-37)32-13-15-33(16-14-32)42-29-49-45(51-42)44-12-8-24-53(44)46(54)56-30-31-9-5-4-6-10-31/h2*4-6,9-10,13-22,25-27,29,43-44H,7-8,11-12,23-24,28,30H2,1-3H3,(H,49,51)/t2*43-,44-/m00/s1. The number of aromatic amines is 2. The van der Waals surface area contributed by atoms with E-state index in [1.807, 2.05) is 124 Å². The molecule has 0 aliphatic carbocycles. The van der Waals surface area contributed by atoms with Gasteiger partial charge >= 0.3 is 24.4 Å². The second-order valence-electron chi connectivity index (χ2n) is 32.8. The van der Waals surface area contributed by atoms with Gasteiger partial charge < -0.3 is 28.9 Å². The molecule has 8 heterocycles. The molecule has 0 radical (unpaired) electrons. The van der Waals surface area contributed by atoms with E-state index in [2.05, 4.69) is 168 Å². The highest BCUT2D eigenvalue weighted by atomic mass is 16.6. The predicted octanol–water partition coefficient (Wildman–Crippen LogP) is 22.1. The van der Waals surface area contributed by atoms with E-state index in [0.717, 1.165) is 177 Å². The van der Waals surface area contributed by atoms with Crippen molar-refractivity contribution < 1.29 is 38.1 Å². The Hall–Kier alpha value is -12.4. The Balaban J connectivity index is 0.000000165. The minimum absolute atomic E-state index is 0.0159. The van der Waals surface area contributed by atoms with Gasteiger partial charge in [0.15, 0.2) is 0 Å². The molecule has 18 heteroatoms. The average molecular weight is 1520 g/mol. The summed E-state index contributed by atoms with van der Waals surface area (Å²) >= 11 is 0. The Bertz CT molecular complexity index is 5660. The number of H-pyrrole nitrogens is 2. The fourth-order valence-electron chi connectivity index (χ4n) is 16.8. The largest absolute Gasteiger partial charge is 0.445 e. The normalized spacial score (nSPS) is 17.8. The van der Waals surface area contributed by atoms with Crippen LogP contribution < -0.4 is 0 Å². The molecule has 2 N–H and O–H groups in total. The van der Waals surface area contributed by atoms with Gasteiger partial charge in [-0.2, -0.15) is 0 Å². The number of nitrogens with zero attached hydrogens (tertiary/aromatic N) is 8. The van der Waals surface area contributed by atoms with E-state index in [-0.39, 0.29) is 61.8 Å². The van der Waals surface area contributed by atoms with Crippen molar-refractivity contribution in [1.29, 1.82) is 0 Å². The molecule has 18 nitrogen and oxygen atoms in total. The molecule has 2 aromatic heterocycles. The number of hydrogen-bond acceptors (Lipinski definition) is 12. The molecule has 12 aromatic rings. The van der Waals surface area contributed by atoms with Crippen LogP contribution in [0.5, 0.6) is 0 Å². The number of nitrogens with one attached hydrogen (secondary N) is 2. The fraction of sp³-hybridized carbons (Fsp3) is 0.292. The first-order valence-electron chi connectivity index (χ1n) is 40.0. The lowest BCUT2D eigenvalue weighted by Gasteiger charge is -2.28. The van der Waals surface area contributed by atoms with E-state index in [1.54, 1.807) is 9.80 Å². The number of benzene rings is 10. The van der Waals surface area contributed by atoms with Crippen molar-refractivity contribution in [2.24, 2.45) is 9.98 Å². The van der Waals surface area contributed by atoms with Gasteiger partial charge in [-0.05, 0) is 241 Å². The lowest BCUT2D eigenvalue weighted by Crippen LogP contribution is -2.43. The van der Waals surface area contributed by atoms with Crippen LogP contribution >= 0.6 is 0 Å². The summed E-state index contributed by atoms with van der Waals surface area (Å²) in [6.45, 7) is 14.7. The summed E-state index contributed by atoms with van der Waals surface area (Å²) in [5.74, 6) is 1.56. The predicted molar refractivity (Wildman–Crippen MR) is 449 cm³/mol. The smallest absolute Gasteiger partial charge is 0.410 e. The highest BCUT2D eigenvalue weighted by molar-refractivity contribution is 6.02. The SMILES string of the molecule is CC(C)(C)OC(=O)N1CCC[C@H]1C1=Nc2ccc(-c3ccc4cc(-c5ccc(-c6cnc([C@@H]7CCCN7C(=O)OCc7ccccc7)[nH]6)cc5)ccc4c3)cc2C1.CC(C)(C)OC(=O)N1CCC[C@H]1C1=Nc2ccc(-c3ccc4ccc(-c5ccc(-c6cnc([C@@H]7CCCN7C(=O)OCc7ccccc7)[nH]6)cc5)cc4c3)cc2C1. The monoisotopic (exact) mass is 1510 g/mol. The summed E-state index contributed by atoms with van der Waals surface area (Å²) in [7, 11) is 0. The Morgan fingerprint density at radius 1 is 0.360 bits per heavy atom. The number of imidazole rings is 2. The van der Waals surface area contributed by atoms with E-state index in [4.69, 9.17) is 38.9 Å². The third-order valence-electron chi connectivity index (χ3n) is 22.6. The minimum Gasteiger partial charge on any atom is -0.445 e.